The molecule has 0 atom stereocenters. The summed E-state index contributed by atoms with van der Waals surface area (Å²) in [5, 5.41) is 4.82. The van der Waals surface area contributed by atoms with Crippen molar-refractivity contribution in [2.45, 2.75) is 38.5 Å². The number of benzene rings is 8. The minimum atomic E-state index is -0.301. The number of rotatable bonds is 3. The van der Waals surface area contributed by atoms with E-state index in [0.717, 1.165) is 39.9 Å². The Morgan fingerprint density at radius 3 is 1.91 bits per heavy atom. The van der Waals surface area contributed by atoms with Crippen molar-refractivity contribution in [2.75, 3.05) is 9.80 Å². The molecule has 8 aromatic rings. The van der Waals surface area contributed by atoms with Crippen LogP contribution in [0.1, 0.15) is 49.9 Å². The largest absolute Gasteiger partial charge is 0.453 e. The van der Waals surface area contributed by atoms with Gasteiger partial charge >= 0.3 is 0 Å². The molecule has 2 heterocycles. The zero-order valence-electron chi connectivity index (χ0n) is 30.3. The van der Waals surface area contributed by atoms with Crippen molar-refractivity contribution in [3.8, 4) is 22.6 Å². The van der Waals surface area contributed by atoms with Gasteiger partial charge in [0.05, 0.1) is 22.7 Å². The maximum atomic E-state index is 6.69. The Labute approximate surface area is 310 Å². The van der Waals surface area contributed by atoms with Crippen molar-refractivity contribution in [1.29, 1.82) is 0 Å². The number of hydrogen-bond donors (Lipinski definition) is 0. The second kappa shape index (κ2) is 10.6. The summed E-state index contributed by atoms with van der Waals surface area (Å²) >= 11 is 0. The maximum Gasteiger partial charge on any atom is 0.152 e. The van der Waals surface area contributed by atoms with Gasteiger partial charge in [-0.25, -0.2) is 0 Å². The molecule has 8 aromatic carbocycles. The fourth-order valence-electron chi connectivity index (χ4n) is 9.52. The van der Waals surface area contributed by atoms with Crippen molar-refractivity contribution >= 4 is 55.7 Å². The first-order valence-electron chi connectivity index (χ1n) is 18.6. The molecule has 0 saturated carbocycles. The van der Waals surface area contributed by atoms with E-state index in [1.54, 1.807) is 0 Å². The van der Waals surface area contributed by atoms with Crippen LogP contribution in [0.15, 0.2) is 158 Å². The van der Waals surface area contributed by atoms with Gasteiger partial charge in [-0.3, -0.25) is 0 Å². The quantitative estimate of drug-likeness (QED) is 0.184. The molecule has 0 amide bonds. The first-order valence-corrected chi connectivity index (χ1v) is 18.6. The van der Waals surface area contributed by atoms with Crippen LogP contribution in [-0.4, -0.2) is 0 Å². The standard InChI is InChI=1S/C50H38N2O/c1-49(2)39-19-10-9-18-37(39)38-26-24-33(29-41(38)49)51(43-21-11-15-31-13-5-7-16-35(31)43)34-25-27-44-42(30-34)50(3,4)40-20-12-22-45-48(40)52(44)47-36-17-8-6-14-32(36)23-28-46(47)53-45/h5-30H,1-4H3. The Morgan fingerprint density at radius 2 is 1.06 bits per heavy atom. The average molecular weight is 683 g/mol. The van der Waals surface area contributed by atoms with Crippen LogP contribution in [0.2, 0.25) is 0 Å². The van der Waals surface area contributed by atoms with E-state index in [1.165, 1.54) is 60.6 Å². The highest BCUT2D eigenvalue weighted by atomic mass is 16.5. The lowest BCUT2D eigenvalue weighted by Gasteiger charge is -2.45. The molecule has 3 aliphatic rings. The van der Waals surface area contributed by atoms with Crippen molar-refractivity contribution < 1.29 is 4.74 Å². The Hall–Kier alpha value is -6.32. The van der Waals surface area contributed by atoms with E-state index in [1.807, 2.05) is 0 Å². The minimum absolute atomic E-state index is 0.113. The fourth-order valence-corrected chi connectivity index (χ4v) is 9.52. The van der Waals surface area contributed by atoms with Crippen molar-refractivity contribution in [1.82, 2.24) is 0 Å². The van der Waals surface area contributed by atoms with Crippen LogP contribution in [0.5, 0.6) is 11.5 Å². The zero-order chi connectivity index (χ0) is 35.6. The van der Waals surface area contributed by atoms with Crippen LogP contribution < -0.4 is 14.5 Å². The molecule has 0 spiro atoms. The van der Waals surface area contributed by atoms with E-state index in [-0.39, 0.29) is 10.8 Å². The van der Waals surface area contributed by atoms with Crippen LogP contribution >= 0.6 is 0 Å². The molecule has 254 valence electrons. The monoisotopic (exact) mass is 682 g/mol. The lowest BCUT2D eigenvalue weighted by atomic mass is 9.73. The van der Waals surface area contributed by atoms with Crippen LogP contribution in [-0.2, 0) is 10.8 Å². The summed E-state index contributed by atoms with van der Waals surface area (Å²) in [7, 11) is 0. The van der Waals surface area contributed by atoms with Gasteiger partial charge in [0.25, 0.3) is 0 Å². The molecule has 0 saturated heterocycles. The number of ether oxygens (including phenoxy) is 1. The summed E-state index contributed by atoms with van der Waals surface area (Å²) < 4.78 is 6.69. The molecule has 0 unspecified atom stereocenters. The van der Waals surface area contributed by atoms with E-state index in [9.17, 15) is 0 Å². The molecule has 11 rings (SSSR count). The molecule has 0 fully saturated rings. The molecule has 3 nitrogen and oxygen atoms in total. The van der Waals surface area contributed by atoms with Crippen LogP contribution in [0.3, 0.4) is 0 Å². The highest BCUT2D eigenvalue weighted by Gasteiger charge is 2.43. The summed E-state index contributed by atoms with van der Waals surface area (Å²) in [6.07, 6.45) is 0. The Balaban J connectivity index is 1.16. The molecule has 0 N–H and O–H groups in total. The SMILES string of the molecule is CC1(C)c2ccccc2-c2ccc(N(c3ccc4c(c3)C(C)(C)c3cccc5c3N4c3c(ccc4ccccc34)O5)c3cccc4ccccc34)cc21. The van der Waals surface area contributed by atoms with Gasteiger partial charge in [0, 0.05) is 33.0 Å². The zero-order valence-corrected chi connectivity index (χ0v) is 30.3. The molecule has 1 aliphatic carbocycles. The van der Waals surface area contributed by atoms with Crippen molar-refractivity contribution in [3.63, 3.8) is 0 Å². The predicted octanol–water partition coefficient (Wildman–Crippen LogP) is 14.0. The molecule has 2 aliphatic heterocycles. The van der Waals surface area contributed by atoms with Crippen LogP contribution in [0.4, 0.5) is 34.1 Å². The van der Waals surface area contributed by atoms with E-state index in [4.69, 9.17) is 4.74 Å². The highest BCUT2D eigenvalue weighted by Crippen LogP contribution is 2.62. The number of hydrogen-bond acceptors (Lipinski definition) is 3. The number of fused-ring (bicyclic) bond motifs is 10. The second-order valence-corrected chi connectivity index (χ2v) is 15.8. The number of anilines is 6. The molecular formula is C50H38N2O. The van der Waals surface area contributed by atoms with Crippen molar-refractivity contribution in [3.05, 3.63) is 180 Å². The van der Waals surface area contributed by atoms with Crippen LogP contribution in [0.25, 0.3) is 32.7 Å². The summed E-state index contributed by atoms with van der Waals surface area (Å²) in [6, 6.07) is 58.0. The summed E-state index contributed by atoms with van der Waals surface area (Å²) in [4.78, 5) is 4.94. The van der Waals surface area contributed by atoms with E-state index < -0.39 is 0 Å². The van der Waals surface area contributed by atoms with Crippen LogP contribution in [0, 0.1) is 0 Å². The molecule has 0 aromatic heterocycles. The average Bonchev–Trinajstić information content (AvgIpc) is 3.42. The second-order valence-electron chi connectivity index (χ2n) is 15.8. The smallest absolute Gasteiger partial charge is 0.152 e. The first-order chi connectivity index (χ1) is 25.8. The molecule has 0 bridgehead atoms. The third-order valence-corrected chi connectivity index (χ3v) is 12.2. The topological polar surface area (TPSA) is 15.7 Å². The first kappa shape index (κ1) is 30.3. The number of para-hydroxylation sites is 1. The number of nitrogens with zero attached hydrogens (tertiary/aromatic N) is 2. The third-order valence-electron chi connectivity index (χ3n) is 12.2. The van der Waals surface area contributed by atoms with Gasteiger partial charge in [-0.05, 0) is 92.7 Å². The summed E-state index contributed by atoms with van der Waals surface area (Å²) in [5.74, 6) is 1.77. The Kier molecular flexibility index (Phi) is 6.07. The van der Waals surface area contributed by atoms with Gasteiger partial charge in [0.2, 0.25) is 0 Å². The Bertz CT molecular complexity index is 2840. The molecule has 53 heavy (non-hydrogen) atoms. The predicted molar refractivity (Wildman–Crippen MR) is 221 cm³/mol. The highest BCUT2D eigenvalue weighted by molar-refractivity contribution is 6.06. The molecular weight excluding hydrogens is 645 g/mol. The lowest BCUT2D eigenvalue weighted by molar-refractivity contribution is 0.472. The minimum Gasteiger partial charge on any atom is -0.453 e. The molecule has 0 radical (unpaired) electrons. The van der Waals surface area contributed by atoms with E-state index in [0.29, 0.717) is 0 Å². The van der Waals surface area contributed by atoms with Gasteiger partial charge in [-0.2, -0.15) is 0 Å². The van der Waals surface area contributed by atoms with Gasteiger partial charge in [-0.15, -0.1) is 0 Å². The van der Waals surface area contributed by atoms with Gasteiger partial charge in [0.15, 0.2) is 11.5 Å². The van der Waals surface area contributed by atoms with Gasteiger partial charge in [-0.1, -0.05) is 137 Å². The summed E-state index contributed by atoms with van der Waals surface area (Å²) in [5.41, 5.74) is 14.4. The van der Waals surface area contributed by atoms with Gasteiger partial charge < -0.3 is 14.5 Å². The molecule has 3 heteroatoms. The van der Waals surface area contributed by atoms with E-state index in [2.05, 4.69) is 195 Å². The summed E-state index contributed by atoms with van der Waals surface area (Å²) in [6.45, 7) is 9.44. The van der Waals surface area contributed by atoms with Gasteiger partial charge in [0.1, 0.15) is 0 Å². The lowest BCUT2D eigenvalue weighted by Crippen LogP contribution is -2.32. The fraction of sp³-hybridized carbons (Fsp3) is 0.120. The Morgan fingerprint density at radius 1 is 0.453 bits per heavy atom. The third kappa shape index (κ3) is 4.11. The van der Waals surface area contributed by atoms with Crippen molar-refractivity contribution in [2.24, 2.45) is 0 Å². The maximum absolute atomic E-state index is 6.69. The van der Waals surface area contributed by atoms with E-state index >= 15 is 0 Å². The normalized spacial score (nSPS) is 15.2.